The molecule has 1 saturated carbocycles. The van der Waals surface area contributed by atoms with Gasteiger partial charge < -0.3 is 9.47 Å². The van der Waals surface area contributed by atoms with Gasteiger partial charge in [0.2, 0.25) is 0 Å². The fraction of sp³-hybridized carbons (Fsp3) is 0.619. The zero-order valence-electron chi connectivity index (χ0n) is 15.4. The summed E-state index contributed by atoms with van der Waals surface area (Å²) in [5.74, 6) is 3.42. The van der Waals surface area contributed by atoms with Crippen LogP contribution < -0.4 is 9.47 Å². The average Bonchev–Trinajstić information content (AvgIpc) is 2.60. The summed E-state index contributed by atoms with van der Waals surface area (Å²) in [4.78, 5) is 2.61. The minimum Gasteiger partial charge on any atom is -0.493 e. The van der Waals surface area contributed by atoms with Crippen molar-refractivity contribution < 1.29 is 9.47 Å². The zero-order valence-corrected chi connectivity index (χ0v) is 15.4. The first-order valence-electron chi connectivity index (χ1n) is 9.18. The van der Waals surface area contributed by atoms with Crippen molar-refractivity contribution in [2.75, 3.05) is 27.3 Å². The third-order valence-electron chi connectivity index (χ3n) is 6.79. The second kappa shape index (κ2) is 5.80. The molecule has 3 heteroatoms. The van der Waals surface area contributed by atoms with Crippen molar-refractivity contribution >= 4 is 0 Å². The van der Waals surface area contributed by atoms with Crippen LogP contribution in [0.15, 0.2) is 23.8 Å². The molecule has 1 aliphatic heterocycles. The second-order valence-corrected chi connectivity index (χ2v) is 8.26. The highest BCUT2D eigenvalue weighted by Gasteiger charge is 2.51. The summed E-state index contributed by atoms with van der Waals surface area (Å²) >= 11 is 0. The molecule has 1 aromatic rings. The summed E-state index contributed by atoms with van der Waals surface area (Å²) in [6.45, 7) is 8.21. The Morgan fingerprint density at radius 2 is 1.83 bits per heavy atom. The van der Waals surface area contributed by atoms with Gasteiger partial charge in [-0.05, 0) is 59.8 Å². The molecule has 1 heterocycles. The molecule has 24 heavy (non-hydrogen) atoms. The summed E-state index contributed by atoms with van der Waals surface area (Å²) in [5, 5.41) is 0. The Bertz CT molecular complexity index is 677. The van der Waals surface area contributed by atoms with Crippen LogP contribution in [0.25, 0.3) is 0 Å². The van der Waals surface area contributed by atoms with Crippen LogP contribution in [0, 0.1) is 17.3 Å². The Balaban J connectivity index is 1.50. The quantitative estimate of drug-likeness (QED) is 0.779. The molecule has 0 amide bonds. The number of hydrogen-bond acceptors (Lipinski definition) is 3. The van der Waals surface area contributed by atoms with Crippen molar-refractivity contribution in [3.05, 3.63) is 34.9 Å². The molecule has 3 aliphatic carbocycles. The van der Waals surface area contributed by atoms with E-state index in [0.29, 0.717) is 5.41 Å². The molecule has 2 atom stereocenters. The highest BCUT2D eigenvalue weighted by Crippen LogP contribution is 2.59. The van der Waals surface area contributed by atoms with E-state index >= 15 is 0 Å². The van der Waals surface area contributed by atoms with Crippen LogP contribution in [0.4, 0.5) is 0 Å². The van der Waals surface area contributed by atoms with E-state index in [0.717, 1.165) is 49.4 Å². The SMILES string of the molecule is COc1cc2c(cc1OC)CN(CC1=CC[C@@H]3C[C@@H]1C3(C)C)CC2. The van der Waals surface area contributed by atoms with Crippen LogP contribution in [-0.4, -0.2) is 32.2 Å². The summed E-state index contributed by atoms with van der Waals surface area (Å²) in [6, 6.07) is 4.32. The molecule has 2 bridgehead atoms. The smallest absolute Gasteiger partial charge is 0.161 e. The number of nitrogens with zero attached hydrogens (tertiary/aromatic N) is 1. The van der Waals surface area contributed by atoms with E-state index in [-0.39, 0.29) is 0 Å². The van der Waals surface area contributed by atoms with E-state index < -0.39 is 0 Å². The Morgan fingerprint density at radius 3 is 2.46 bits per heavy atom. The van der Waals surface area contributed by atoms with Crippen molar-refractivity contribution in [3.63, 3.8) is 0 Å². The van der Waals surface area contributed by atoms with Gasteiger partial charge in [-0.25, -0.2) is 0 Å². The molecule has 0 radical (unpaired) electrons. The topological polar surface area (TPSA) is 21.7 Å². The molecule has 4 aliphatic rings. The van der Waals surface area contributed by atoms with Crippen molar-refractivity contribution in [2.45, 2.75) is 39.7 Å². The van der Waals surface area contributed by atoms with Gasteiger partial charge in [0.25, 0.3) is 0 Å². The Morgan fingerprint density at radius 1 is 1.12 bits per heavy atom. The lowest BCUT2D eigenvalue weighted by molar-refractivity contribution is -0.0110. The van der Waals surface area contributed by atoms with E-state index in [1.807, 2.05) is 0 Å². The van der Waals surface area contributed by atoms with Gasteiger partial charge in [-0.2, -0.15) is 0 Å². The van der Waals surface area contributed by atoms with Crippen LogP contribution >= 0.6 is 0 Å². The summed E-state index contributed by atoms with van der Waals surface area (Å²) in [5.41, 5.74) is 5.01. The first kappa shape index (κ1) is 16.0. The summed E-state index contributed by atoms with van der Waals surface area (Å²) in [6.07, 6.45) is 6.33. The number of rotatable bonds is 4. The van der Waals surface area contributed by atoms with Crippen LogP contribution in [0.2, 0.25) is 0 Å². The first-order valence-corrected chi connectivity index (χ1v) is 9.18. The number of ether oxygens (including phenoxy) is 2. The molecule has 0 unspecified atom stereocenters. The maximum absolute atomic E-state index is 5.48. The van der Waals surface area contributed by atoms with E-state index in [9.17, 15) is 0 Å². The molecular formula is C21H29NO2. The molecule has 0 N–H and O–H groups in total. The molecule has 130 valence electrons. The molecule has 5 rings (SSSR count). The molecule has 1 aromatic carbocycles. The highest BCUT2D eigenvalue weighted by atomic mass is 16.5. The van der Waals surface area contributed by atoms with Crippen LogP contribution in [0.3, 0.4) is 0 Å². The van der Waals surface area contributed by atoms with Gasteiger partial charge in [-0.15, -0.1) is 0 Å². The number of methoxy groups -OCH3 is 2. The lowest BCUT2D eigenvalue weighted by atomic mass is 9.49. The fourth-order valence-corrected chi connectivity index (χ4v) is 4.99. The highest BCUT2D eigenvalue weighted by molar-refractivity contribution is 5.48. The van der Waals surface area contributed by atoms with Crippen molar-refractivity contribution in [2.24, 2.45) is 17.3 Å². The van der Waals surface area contributed by atoms with E-state index in [1.165, 1.54) is 24.0 Å². The van der Waals surface area contributed by atoms with E-state index in [1.54, 1.807) is 19.8 Å². The standard InChI is InChI=1S/C21H29NO2/c1-21(2)17-6-5-15(18(21)11-17)12-22-8-7-14-9-19(23-3)20(24-4)10-16(14)13-22/h5,9-10,17-18H,6-8,11-13H2,1-4H3/t17-,18+/m1/s1. The number of allylic oxidation sites excluding steroid dienone is 1. The number of fused-ring (bicyclic) bond motifs is 2. The van der Waals surface area contributed by atoms with Gasteiger partial charge in [-0.3, -0.25) is 4.90 Å². The van der Waals surface area contributed by atoms with E-state index in [4.69, 9.17) is 9.47 Å². The number of benzene rings is 1. The van der Waals surface area contributed by atoms with E-state index in [2.05, 4.69) is 37.0 Å². The normalized spacial score (nSPS) is 27.8. The van der Waals surface area contributed by atoms with Crippen molar-refractivity contribution in [1.29, 1.82) is 0 Å². The molecule has 0 aromatic heterocycles. The summed E-state index contributed by atoms with van der Waals surface area (Å²) in [7, 11) is 3.43. The predicted octanol–water partition coefficient (Wildman–Crippen LogP) is 4.05. The van der Waals surface area contributed by atoms with Gasteiger partial charge in [0.15, 0.2) is 11.5 Å². The average molecular weight is 327 g/mol. The monoisotopic (exact) mass is 327 g/mol. The molecular weight excluding hydrogens is 298 g/mol. The van der Waals surface area contributed by atoms with Crippen LogP contribution in [-0.2, 0) is 13.0 Å². The van der Waals surface area contributed by atoms with Gasteiger partial charge >= 0.3 is 0 Å². The van der Waals surface area contributed by atoms with Gasteiger partial charge in [0.1, 0.15) is 0 Å². The molecule has 3 nitrogen and oxygen atoms in total. The predicted molar refractivity (Wildman–Crippen MR) is 96.6 cm³/mol. The molecule has 0 saturated heterocycles. The second-order valence-electron chi connectivity index (χ2n) is 8.26. The maximum Gasteiger partial charge on any atom is 0.161 e. The largest absolute Gasteiger partial charge is 0.493 e. The van der Waals surface area contributed by atoms with Crippen LogP contribution in [0.1, 0.15) is 37.8 Å². The maximum atomic E-state index is 5.48. The van der Waals surface area contributed by atoms with Gasteiger partial charge in [0, 0.05) is 19.6 Å². The molecule has 1 fully saturated rings. The summed E-state index contributed by atoms with van der Waals surface area (Å²) < 4.78 is 10.9. The zero-order chi connectivity index (χ0) is 16.9. The third-order valence-corrected chi connectivity index (χ3v) is 6.79. The Kier molecular flexibility index (Phi) is 3.87. The Hall–Kier alpha value is -1.48. The fourth-order valence-electron chi connectivity index (χ4n) is 4.99. The van der Waals surface area contributed by atoms with Crippen LogP contribution in [0.5, 0.6) is 11.5 Å². The first-order chi connectivity index (χ1) is 11.5. The molecule has 0 spiro atoms. The lowest BCUT2D eigenvalue weighted by Crippen LogP contribution is -2.50. The van der Waals surface area contributed by atoms with Gasteiger partial charge in [0.05, 0.1) is 14.2 Å². The van der Waals surface area contributed by atoms with Gasteiger partial charge in [-0.1, -0.05) is 25.5 Å². The van der Waals surface area contributed by atoms with Crippen molar-refractivity contribution in [3.8, 4) is 11.5 Å². The minimum absolute atomic E-state index is 0.522. The third kappa shape index (κ3) is 2.45. The minimum atomic E-state index is 0.522. The number of hydrogen-bond donors (Lipinski definition) is 0. The lowest BCUT2D eigenvalue weighted by Gasteiger charge is -2.57. The van der Waals surface area contributed by atoms with Crippen molar-refractivity contribution in [1.82, 2.24) is 4.90 Å². The Labute approximate surface area is 145 Å².